The third-order valence-corrected chi connectivity index (χ3v) is 13.6. The molecule has 408 valence electrons. The average molecular weight is 982 g/mol. The zero-order chi connectivity index (χ0) is 50.7. The second kappa shape index (κ2) is 58.9. The second-order valence-corrected chi connectivity index (χ2v) is 20.6. The van der Waals surface area contributed by atoms with Gasteiger partial charge in [-0.25, -0.2) is 0 Å². The van der Waals surface area contributed by atoms with Crippen molar-refractivity contribution in [3.05, 3.63) is 48.6 Å². The van der Waals surface area contributed by atoms with Crippen LogP contribution in [0, 0.1) is 0 Å². The molecule has 1 atom stereocenters. The fraction of sp³-hybridized carbons (Fsp3) is 0.828. The first-order valence-corrected chi connectivity index (χ1v) is 30.6. The molecule has 6 nitrogen and oxygen atoms in total. The van der Waals surface area contributed by atoms with Crippen LogP contribution in [-0.2, 0) is 28.6 Å². The van der Waals surface area contributed by atoms with Crippen LogP contribution in [0.15, 0.2) is 48.6 Å². The number of ether oxygens (including phenoxy) is 3. The fourth-order valence-corrected chi connectivity index (χ4v) is 8.92. The van der Waals surface area contributed by atoms with E-state index in [4.69, 9.17) is 14.2 Å². The van der Waals surface area contributed by atoms with Crippen LogP contribution in [0.5, 0.6) is 0 Å². The normalized spacial score (nSPS) is 12.3. The van der Waals surface area contributed by atoms with Crippen LogP contribution < -0.4 is 0 Å². The van der Waals surface area contributed by atoms with Crippen LogP contribution in [0.1, 0.15) is 323 Å². The molecule has 0 aromatic rings. The third-order valence-electron chi connectivity index (χ3n) is 13.6. The Morgan fingerprint density at radius 1 is 0.286 bits per heavy atom. The van der Waals surface area contributed by atoms with Crippen molar-refractivity contribution < 1.29 is 28.6 Å². The number of allylic oxidation sites excluding steroid dienone is 8. The minimum absolute atomic E-state index is 0.0741. The number of rotatable bonds is 56. The Kier molecular flexibility index (Phi) is 56.7. The molecule has 0 spiro atoms. The Bertz CT molecular complexity index is 1220. The summed E-state index contributed by atoms with van der Waals surface area (Å²) in [6, 6.07) is 0. The summed E-state index contributed by atoms with van der Waals surface area (Å²) in [6.45, 7) is 6.65. The maximum absolute atomic E-state index is 12.9. The van der Waals surface area contributed by atoms with Gasteiger partial charge in [0.15, 0.2) is 6.10 Å². The maximum atomic E-state index is 12.9. The molecule has 0 aliphatic rings. The standard InChI is InChI=1S/C64H116O6/c1-4-7-10-13-16-19-22-24-26-28-30-31-32-33-34-36-37-39-42-45-48-51-54-57-63(66)69-60-61(59-68-62(65)56-53-50-47-44-41-21-18-15-12-9-6-3)70-64(67)58-55-52-49-46-43-40-38-35-29-27-25-23-20-17-14-11-8-5-2/h22,24,27-30,32-33,61H,4-21,23,25-26,31,34-60H2,1-3H3/b24-22-,29-27-,30-28-,33-32-. The fourth-order valence-electron chi connectivity index (χ4n) is 8.92. The van der Waals surface area contributed by atoms with Gasteiger partial charge < -0.3 is 14.2 Å². The molecule has 0 aliphatic carbocycles. The Labute approximate surface area is 435 Å². The summed E-state index contributed by atoms with van der Waals surface area (Å²) in [7, 11) is 0. The Morgan fingerprint density at radius 2 is 0.514 bits per heavy atom. The van der Waals surface area contributed by atoms with Crippen LogP contribution in [-0.4, -0.2) is 37.2 Å². The molecule has 0 bridgehead atoms. The molecule has 0 heterocycles. The topological polar surface area (TPSA) is 78.9 Å². The lowest BCUT2D eigenvalue weighted by atomic mass is 10.1. The van der Waals surface area contributed by atoms with Gasteiger partial charge in [-0.3, -0.25) is 14.4 Å². The number of hydrogen-bond acceptors (Lipinski definition) is 6. The van der Waals surface area contributed by atoms with Gasteiger partial charge in [-0.05, 0) is 83.5 Å². The summed E-state index contributed by atoms with van der Waals surface area (Å²) in [5.41, 5.74) is 0. The predicted molar refractivity (Wildman–Crippen MR) is 302 cm³/mol. The first-order valence-electron chi connectivity index (χ1n) is 30.6. The highest BCUT2D eigenvalue weighted by molar-refractivity contribution is 5.71. The molecule has 0 fully saturated rings. The van der Waals surface area contributed by atoms with Crippen molar-refractivity contribution in [2.24, 2.45) is 0 Å². The van der Waals surface area contributed by atoms with E-state index < -0.39 is 6.10 Å². The van der Waals surface area contributed by atoms with Crippen LogP contribution in [0.4, 0.5) is 0 Å². The summed E-state index contributed by atoms with van der Waals surface area (Å²) >= 11 is 0. The lowest BCUT2D eigenvalue weighted by molar-refractivity contribution is -0.167. The van der Waals surface area contributed by atoms with Crippen LogP contribution in [0.2, 0.25) is 0 Å². The highest BCUT2D eigenvalue weighted by Gasteiger charge is 2.19. The van der Waals surface area contributed by atoms with Crippen molar-refractivity contribution in [1.82, 2.24) is 0 Å². The molecular formula is C64H116O6. The summed E-state index contributed by atoms with van der Waals surface area (Å²) in [6.07, 6.45) is 72.5. The molecule has 0 saturated carbocycles. The van der Waals surface area contributed by atoms with E-state index in [9.17, 15) is 14.4 Å². The zero-order valence-electron chi connectivity index (χ0n) is 46.8. The molecule has 0 aliphatic heterocycles. The van der Waals surface area contributed by atoms with Gasteiger partial charge in [0.1, 0.15) is 13.2 Å². The lowest BCUT2D eigenvalue weighted by Gasteiger charge is -2.18. The molecule has 0 radical (unpaired) electrons. The van der Waals surface area contributed by atoms with Gasteiger partial charge in [-0.2, -0.15) is 0 Å². The number of esters is 3. The minimum atomic E-state index is -0.776. The van der Waals surface area contributed by atoms with Gasteiger partial charge in [0.2, 0.25) is 0 Å². The van der Waals surface area contributed by atoms with E-state index in [1.807, 2.05) is 0 Å². The summed E-state index contributed by atoms with van der Waals surface area (Å²) in [4.78, 5) is 38.2. The highest BCUT2D eigenvalue weighted by atomic mass is 16.6. The lowest BCUT2D eigenvalue weighted by Crippen LogP contribution is -2.30. The molecular weight excluding hydrogens is 865 g/mol. The van der Waals surface area contributed by atoms with E-state index >= 15 is 0 Å². The zero-order valence-corrected chi connectivity index (χ0v) is 46.8. The molecule has 0 aromatic carbocycles. The SMILES string of the molecule is CCCCCCC/C=C\C/C=C\C/C=C\CCCCCCCCCCC(=O)OCC(COC(=O)CCCCCCCCCCCCC)OC(=O)CCCCCCCCC/C=C\CCCCCCCCC. The van der Waals surface area contributed by atoms with Crippen molar-refractivity contribution in [2.75, 3.05) is 13.2 Å². The Morgan fingerprint density at radius 3 is 0.814 bits per heavy atom. The minimum Gasteiger partial charge on any atom is -0.462 e. The summed E-state index contributed by atoms with van der Waals surface area (Å²) in [5.74, 6) is -0.871. The smallest absolute Gasteiger partial charge is 0.306 e. The molecule has 0 amide bonds. The van der Waals surface area contributed by atoms with Crippen LogP contribution in [0.3, 0.4) is 0 Å². The largest absolute Gasteiger partial charge is 0.462 e. The number of unbranched alkanes of at least 4 members (excludes halogenated alkanes) is 37. The van der Waals surface area contributed by atoms with Crippen molar-refractivity contribution in [2.45, 2.75) is 329 Å². The monoisotopic (exact) mass is 981 g/mol. The van der Waals surface area contributed by atoms with Gasteiger partial charge in [-0.1, -0.05) is 268 Å². The van der Waals surface area contributed by atoms with Gasteiger partial charge in [-0.15, -0.1) is 0 Å². The quantitative estimate of drug-likeness (QED) is 0.0261. The highest BCUT2D eigenvalue weighted by Crippen LogP contribution is 2.16. The van der Waals surface area contributed by atoms with Crippen LogP contribution >= 0.6 is 0 Å². The molecule has 0 rings (SSSR count). The molecule has 1 unspecified atom stereocenters. The summed E-state index contributed by atoms with van der Waals surface area (Å²) < 4.78 is 16.9. The average Bonchev–Trinajstić information content (AvgIpc) is 3.36. The van der Waals surface area contributed by atoms with Gasteiger partial charge in [0.05, 0.1) is 0 Å². The van der Waals surface area contributed by atoms with Gasteiger partial charge >= 0.3 is 17.9 Å². The molecule has 0 aromatic heterocycles. The van der Waals surface area contributed by atoms with E-state index in [-0.39, 0.29) is 31.1 Å². The van der Waals surface area contributed by atoms with E-state index in [0.29, 0.717) is 19.3 Å². The Hall–Kier alpha value is -2.63. The molecule has 70 heavy (non-hydrogen) atoms. The van der Waals surface area contributed by atoms with E-state index in [1.165, 1.54) is 205 Å². The number of carbonyl (C=O) groups is 3. The number of carbonyl (C=O) groups excluding carboxylic acids is 3. The van der Waals surface area contributed by atoms with Gasteiger partial charge in [0, 0.05) is 19.3 Å². The molecule has 0 N–H and O–H groups in total. The first-order chi connectivity index (χ1) is 34.5. The Balaban J connectivity index is 4.29. The molecule has 0 saturated heterocycles. The van der Waals surface area contributed by atoms with Crippen LogP contribution in [0.25, 0.3) is 0 Å². The van der Waals surface area contributed by atoms with Crippen molar-refractivity contribution >= 4 is 17.9 Å². The van der Waals surface area contributed by atoms with E-state index in [1.54, 1.807) is 0 Å². The summed E-state index contributed by atoms with van der Waals surface area (Å²) in [5, 5.41) is 0. The first kappa shape index (κ1) is 67.4. The van der Waals surface area contributed by atoms with Crippen molar-refractivity contribution in [1.29, 1.82) is 0 Å². The predicted octanol–water partition coefficient (Wildman–Crippen LogP) is 20.6. The second-order valence-electron chi connectivity index (χ2n) is 20.6. The molecule has 6 heteroatoms. The van der Waals surface area contributed by atoms with Gasteiger partial charge in [0.25, 0.3) is 0 Å². The van der Waals surface area contributed by atoms with E-state index in [2.05, 4.69) is 69.4 Å². The van der Waals surface area contributed by atoms with Crippen molar-refractivity contribution in [3.63, 3.8) is 0 Å². The van der Waals surface area contributed by atoms with E-state index in [0.717, 1.165) is 77.0 Å². The third kappa shape index (κ3) is 56.3. The maximum Gasteiger partial charge on any atom is 0.306 e. The van der Waals surface area contributed by atoms with Crippen molar-refractivity contribution in [3.8, 4) is 0 Å². The number of hydrogen-bond donors (Lipinski definition) is 0.